The van der Waals surface area contributed by atoms with Gasteiger partial charge in [0, 0.05) is 0 Å². The van der Waals surface area contributed by atoms with Crippen LogP contribution in [0.25, 0.3) is 0 Å². The van der Waals surface area contributed by atoms with Gasteiger partial charge in [-0.1, -0.05) is 0 Å². The third-order valence-corrected chi connectivity index (χ3v) is 2.57. The van der Waals surface area contributed by atoms with Crippen LogP contribution in [-0.4, -0.2) is 45.3 Å². The molecule has 0 spiro atoms. The van der Waals surface area contributed by atoms with Crippen LogP contribution in [0.4, 0.5) is 0 Å². The lowest BCUT2D eigenvalue weighted by Gasteiger charge is -2.24. The number of aliphatic hydroxyl groups is 3. The van der Waals surface area contributed by atoms with Crippen molar-refractivity contribution >= 4 is 0 Å². The fraction of sp³-hybridized carbons (Fsp3) is 1.00. The summed E-state index contributed by atoms with van der Waals surface area (Å²) in [7, 11) is 0. The van der Waals surface area contributed by atoms with E-state index in [0.29, 0.717) is 0 Å². The van der Waals surface area contributed by atoms with Crippen LogP contribution in [-0.2, 0) is 4.74 Å². The van der Waals surface area contributed by atoms with Gasteiger partial charge < -0.3 is 20.1 Å². The maximum atomic E-state index is 9.66. The topological polar surface area (TPSA) is 69.9 Å². The summed E-state index contributed by atoms with van der Waals surface area (Å²) in [5, 5.41) is 28.4. The Morgan fingerprint density at radius 2 is 2.00 bits per heavy atom. The van der Waals surface area contributed by atoms with Crippen molar-refractivity contribution in [3.8, 4) is 0 Å². The van der Waals surface area contributed by atoms with Crippen molar-refractivity contribution in [1.29, 1.82) is 0 Å². The number of rotatable bonds is 1. The van der Waals surface area contributed by atoms with Crippen molar-refractivity contribution in [2.24, 2.45) is 0 Å². The van der Waals surface area contributed by atoms with E-state index in [1.54, 1.807) is 6.92 Å². The van der Waals surface area contributed by atoms with Crippen molar-refractivity contribution in [2.75, 3.05) is 0 Å². The highest BCUT2D eigenvalue weighted by Gasteiger charge is 2.51. The van der Waals surface area contributed by atoms with Crippen molar-refractivity contribution in [1.82, 2.24) is 0 Å². The molecule has 1 saturated heterocycles. The summed E-state index contributed by atoms with van der Waals surface area (Å²) in [6, 6.07) is 0. The molecule has 1 aliphatic rings. The number of aliphatic hydroxyl groups excluding tert-OH is 2. The first kappa shape index (κ1) is 9.92. The molecule has 1 heterocycles. The second-order valence-corrected chi connectivity index (χ2v) is 3.65. The quantitative estimate of drug-likeness (QED) is 0.492. The van der Waals surface area contributed by atoms with E-state index < -0.39 is 30.0 Å². The molecule has 72 valence electrons. The van der Waals surface area contributed by atoms with Crippen LogP contribution in [0.1, 0.15) is 20.8 Å². The number of hydrogen-bond donors (Lipinski definition) is 3. The van der Waals surface area contributed by atoms with Crippen LogP contribution in [0.3, 0.4) is 0 Å². The first-order valence-electron chi connectivity index (χ1n) is 4.11. The molecule has 3 N–H and O–H groups in total. The Morgan fingerprint density at radius 1 is 1.50 bits per heavy atom. The zero-order valence-electron chi connectivity index (χ0n) is 7.56. The van der Waals surface area contributed by atoms with E-state index in [0.717, 1.165) is 0 Å². The summed E-state index contributed by atoms with van der Waals surface area (Å²) in [4.78, 5) is 0. The molecule has 4 heteroatoms. The molecule has 12 heavy (non-hydrogen) atoms. The van der Waals surface area contributed by atoms with Crippen LogP contribution >= 0.6 is 0 Å². The lowest BCUT2D eigenvalue weighted by molar-refractivity contribution is -0.0620. The monoisotopic (exact) mass is 176 g/mol. The van der Waals surface area contributed by atoms with Gasteiger partial charge in [-0.3, -0.25) is 0 Å². The van der Waals surface area contributed by atoms with Gasteiger partial charge in [0.25, 0.3) is 0 Å². The van der Waals surface area contributed by atoms with E-state index >= 15 is 0 Å². The molecule has 0 aliphatic carbocycles. The highest BCUT2D eigenvalue weighted by molar-refractivity contribution is 5.00. The molecule has 0 aromatic heterocycles. The van der Waals surface area contributed by atoms with E-state index in [9.17, 15) is 15.3 Å². The Kier molecular flexibility index (Phi) is 2.45. The molecular formula is C8H16O4. The van der Waals surface area contributed by atoms with E-state index in [1.165, 1.54) is 13.8 Å². The van der Waals surface area contributed by atoms with Gasteiger partial charge in [0.2, 0.25) is 0 Å². The molecule has 0 aromatic carbocycles. The minimum Gasteiger partial charge on any atom is -0.391 e. The fourth-order valence-corrected chi connectivity index (χ4v) is 1.40. The third kappa shape index (κ3) is 1.35. The van der Waals surface area contributed by atoms with Crippen molar-refractivity contribution in [3.63, 3.8) is 0 Å². The van der Waals surface area contributed by atoms with Gasteiger partial charge in [0.15, 0.2) is 0 Å². The second-order valence-electron chi connectivity index (χ2n) is 3.65. The average Bonchev–Trinajstić information content (AvgIpc) is 2.13. The van der Waals surface area contributed by atoms with E-state index in [-0.39, 0.29) is 0 Å². The van der Waals surface area contributed by atoms with Gasteiger partial charge in [0.1, 0.15) is 17.8 Å². The minimum atomic E-state index is -1.26. The van der Waals surface area contributed by atoms with E-state index in [4.69, 9.17) is 4.74 Å². The largest absolute Gasteiger partial charge is 0.391 e. The maximum Gasteiger partial charge on any atom is 0.116 e. The smallest absolute Gasteiger partial charge is 0.116 e. The minimum absolute atomic E-state index is 0.452. The molecule has 0 aromatic rings. The molecule has 4 nitrogen and oxygen atoms in total. The standard InChI is InChI=1S/C8H16O4/c1-4(9)6-7(10)8(3,11)5(2)12-6/h4-7,9-11H,1-3H3. The molecule has 5 atom stereocenters. The lowest BCUT2D eigenvalue weighted by Crippen LogP contribution is -2.46. The number of hydrogen-bond acceptors (Lipinski definition) is 4. The molecule has 1 fully saturated rings. The van der Waals surface area contributed by atoms with Gasteiger partial charge >= 0.3 is 0 Å². The zero-order valence-corrected chi connectivity index (χ0v) is 7.56. The van der Waals surface area contributed by atoms with Crippen LogP contribution in [0.2, 0.25) is 0 Å². The average molecular weight is 176 g/mol. The van der Waals surface area contributed by atoms with Crippen LogP contribution in [0.15, 0.2) is 0 Å². The highest BCUT2D eigenvalue weighted by atomic mass is 16.6. The third-order valence-electron chi connectivity index (χ3n) is 2.57. The van der Waals surface area contributed by atoms with E-state index in [1.807, 2.05) is 0 Å². The molecule has 5 unspecified atom stereocenters. The summed E-state index contributed by atoms with van der Waals surface area (Å²) < 4.78 is 5.20. The molecule has 0 radical (unpaired) electrons. The SMILES string of the molecule is CC(O)C1OC(C)C(C)(O)C1O. The van der Waals surface area contributed by atoms with Gasteiger partial charge in [-0.2, -0.15) is 0 Å². The van der Waals surface area contributed by atoms with Gasteiger partial charge in [-0.15, -0.1) is 0 Å². The van der Waals surface area contributed by atoms with Gasteiger partial charge in [-0.05, 0) is 20.8 Å². The molecule has 0 saturated carbocycles. The lowest BCUT2D eigenvalue weighted by atomic mass is 9.92. The zero-order chi connectivity index (χ0) is 9.52. The second kappa shape index (κ2) is 2.96. The molecule has 1 rings (SSSR count). The summed E-state index contributed by atoms with van der Waals surface area (Å²) >= 11 is 0. The van der Waals surface area contributed by atoms with Crippen LogP contribution in [0.5, 0.6) is 0 Å². The first-order valence-corrected chi connectivity index (χ1v) is 4.11. The Labute approximate surface area is 71.8 Å². The Morgan fingerprint density at radius 3 is 2.17 bits per heavy atom. The summed E-state index contributed by atoms with van der Waals surface area (Å²) in [6.45, 7) is 4.71. The highest BCUT2D eigenvalue weighted by Crippen LogP contribution is 2.31. The molecule has 0 amide bonds. The Hall–Kier alpha value is -0.160. The van der Waals surface area contributed by atoms with Crippen molar-refractivity contribution in [2.45, 2.75) is 50.8 Å². The molecule has 1 aliphatic heterocycles. The van der Waals surface area contributed by atoms with Crippen molar-refractivity contribution < 1.29 is 20.1 Å². The first-order chi connectivity index (χ1) is 5.37. The molecule has 0 bridgehead atoms. The van der Waals surface area contributed by atoms with Gasteiger partial charge in [-0.25, -0.2) is 0 Å². The van der Waals surface area contributed by atoms with Crippen molar-refractivity contribution in [3.05, 3.63) is 0 Å². The Bertz CT molecular complexity index is 166. The van der Waals surface area contributed by atoms with E-state index in [2.05, 4.69) is 0 Å². The van der Waals surface area contributed by atoms with Crippen LogP contribution in [0, 0.1) is 0 Å². The van der Waals surface area contributed by atoms with Gasteiger partial charge in [0.05, 0.1) is 12.2 Å². The van der Waals surface area contributed by atoms with Crippen LogP contribution < -0.4 is 0 Å². The predicted octanol–water partition coefficient (Wildman–Crippen LogP) is -0.734. The fourth-order valence-electron chi connectivity index (χ4n) is 1.40. The number of ether oxygens (including phenoxy) is 1. The summed E-state index contributed by atoms with van der Waals surface area (Å²) in [6.07, 6.45) is -2.92. The normalized spacial score (nSPS) is 51.0. The maximum absolute atomic E-state index is 9.66. The summed E-state index contributed by atoms with van der Waals surface area (Å²) in [5.41, 5.74) is -1.26. The Balaban J connectivity index is 2.76. The predicted molar refractivity (Wildman–Crippen MR) is 42.6 cm³/mol. The molecular weight excluding hydrogens is 160 g/mol. The summed E-state index contributed by atoms with van der Waals surface area (Å²) in [5.74, 6) is 0.